The molecular formula is C16H10N2S2. The zero-order valence-electron chi connectivity index (χ0n) is 10.5. The number of aliphatic imine (C=N–C) groups is 2. The van der Waals surface area contributed by atoms with E-state index in [-0.39, 0.29) is 0 Å². The number of rotatable bonds is 4. The Hall–Kier alpha value is -2.22. The first-order valence-corrected chi connectivity index (χ1v) is 6.63. The van der Waals surface area contributed by atoms with Crippen LogP contribution >= 0.6 is 24.4 Å². The molecular weight excluding hydrogens is 284 g/mol. The highest BCUT2D eigenvalue weighted by Gasteiger charge is 2.10. The van der Waals surface area contributed by atoms with Gasteiger partial charge < -0.3 is 0 Å². The van der Waals surface area contributed by atoms with Crippen molar-refractivity contribution < 1.29 is 0 Å². The molecule has 2 aromatic rings. The number of thiocarbonyl (C=S) groups is 2. The molecule has 0 N–H and O–H groups in total. The predicted molar refractivity (Wildman–Crippen MR) is 90.4 cm³/mol. The Morgan fingerprint density at radius 2 is 1.20 bits per heavy atom. The van der Waals surface area contributed by atoms with E-state index < -0.39 is 0 Å². The molecule has 0 aliphatic rings. The van der Waals surface area contributed by atoms with Crippen molar-refractivity contribution in [2.75, 3.05) is 0 Å². The number of benzene rings is 2. The number of hydrogen-bond acceptors (Lipinski definition) is 4. The van der Waals surface area contributed by atoms with Crippen molar-refractivity contribution in [3.8, 4) is 0 Å². The smallest absolute Gasteiger partial charge is 0.0817 e. The fraction of sp³-hybridized carbons (Fsp3) is 0. The van der Waals surface area contributed by atoms with Gasteiger partial charge in [-0.2, -0.15) is 9.98 Å². The van der Waals surface area contributed by atoms with Crippen LogP contribution in [0, 0.1) is 0 Å². The molecule has 0 heterocycles. The fourth-order valence-corrected chi connectivity index (χ4v) is 2.09. The molecule has 96 valence electrons. The maximum Gasteiger partial charge on any atom is 0.0817 e. The summed E-state index contributed by atoms with van der Waals surface area (Å²) in [6.45, 7) is 4.14. The molecule has 2 rings (SSSR count). The zero-order chi connectivity index (χ0) is 14.4. The van der Waals surface area contributed by atoms with Crippen LogP contribution in [0.15, 0.2) is 65.1 Å². The van der Waals surface area contributed by atoms with Gasteiger partial charge in [-0.3, -0.25) is 0 Å². The Balaban J connectivity index is 2.58. The summed E-state index contributed by atoms with van der Waals surface area (Å²) in [7, 11) is 0. The lowest BCUT2D eigenvalue weighted by Gasteiger charge is -2.10. The van der Waals surface area contributed by atoms with Gasteiger partial charge in [-0.1, -0.05) is 43.0 Å². The second kappa shape index (κ2) is 6.80. The molecule has 0 radical (unpaired) electrons. The Bertz CT molecular complexity index is 689. The number of hydrogen-bond donors (Lipinski definition) is 0. The quantitative estimate of drug-likeness (QED) is 0.570. The van der Waals surface area contributed by atoms with Crippen molar-refractivity contribution in [1.29, 1.82) is 0 Å². The van der Waals surface area contributed by atoms with Crippen LogP contribution in [-0.2, 0) is 0 Å². The van der Waals surface area contributed by atoms with Gasteiger partial charge in [0.15, 0.2) is 0 Å². The van der Waals surface area contributed by atoms with E-state index in [9.17, 15) is 0 Å². The van der Waals surface area contributed by atoms with E-state index in [0.29, 0.717) is 0 Å². The highest BCUT2D eigenvalue weighted by molar-refractivity contribution is 7.78. The van der Waals surface area contributed by atoms with Crippen molar-refractivity contribution in [2.24, 2.45) is 9.98 Å². The Kier molecular flexibility index (Phi) is 4.83. The average molecular weight is 294 g/mol. The molecule has 0 aliphatic heterocycles. The fourth-order valence-electron chi connectivity index (χ4n) is 1.90. The van der Waals surface area contributed by atoms with Crippen LogP contribution in [-0.4, -0.2) is 10.3 Å². The maximum absolute atomic E-state index is 4.68. The second-order valence-electron chi connectivity index (χ2n) is 3.92. The second-order valence-corrected chi connectivity index (χ2v) is 4.28. The van der Waals surface area contributed by atoms with Gasteiger partial charge in [0.2, 0.25) is 0 Å². The molecule has 2 nitrogen and oxygen atoms in total. The molecule has 20 heavy (non-hydrogen) atoms. The SMILES string of the molecule is C=C(c1ccccc1N=C=S)c1ccccc1N=C=S. The molecule has 0 spiro atoms. The minimum Gasteiger partial charge on any atom is -0.194 e. The van der Waals surface area contributed by atoms with Crippen LogP contribution in [0.25, 0.3) is 5.57 Å². The largest absolute Gasteiger partial charge is 0.194 e. The van der Waals surface area contributed by atoms with Crippen molar-refractivity contribution in [2.45, 2.75) is 0 Å². The van der Waals surface area contributed by atoms with Gasteiger partial charge in [0, 0.05) is 11.1 Å². The topological polar surface area (TPSA) is 24.7 Å². The van der Waals surface area contributed by atoms with Crippen molar-refractivity contribution >= 4 is 51.7 Å². The molecule has 0 fully saturated rings. The molecule has 0 amide bonds. The first-order chi connectivity index (χ1) is 9.77. The summed E-state index contributed by atoms with van der Waals surface area (Å²) >= 11 is 9.35. The minimum atomic E-state index is 0.730. The van der Waals surface area contributed by atoms with Crippen LogP contribution in [0.3, 0.4) is 0 Å². The van der Waals surface area contributed by atoms with Gasteiger partial charge in [-0.25, -0.2) is 0 Å². The van der Waals surface area contributed by atoms with Crippen LogP contribution in [0.2, 0.25) is 0 Å². The van der Waals surface area contributed by atoms with Gasteiger partial charge in [-0.05, 0) is 42.1 Å². The van der Waals surface area contributed by atoms with Crippen molar-refractivity contribution in [1.82, 2.24) is 0 Å². The molecule has 0 bridgehead atoms. The van der Waals surface area contributed by atoms with E-state index in [1.54, 1.807) is 0 Å². The third kappa shape index (κ3) is 3.02. The minimum absolute atomic E-state index is 0.730. The van der Waals surface area contributed by atoms with E-state index in [0.717, 1.165) is 28.1 Å². The summed E-state index contributed by atoms with van der Waals surface area (Å²) in [6, 6.07) is 15.2. The number of isothiocyanates is 2. The van der Waals surface area contributed by atoms with E-state index in [4.69, 9.17) is 0 Å². The van der Waals surface area contributed by atoms with Gasteiger partial charge in [0.25, 0.3) is 0 Å². The average Bonchev–Trinajstić information content (AvgIpc) is 2.48. The molecule has 0 aliphatic carbocycles. The maximum atomic E-state index is 4.68. The van der Waals surface area contributed by atoms with E-state index in [1.165, 1.54) is 0 Å². The molecule has 0 unspecified atom stereocenters. The monoisotopic (exact) mass is 294 g/mol. The van der Waals surface area contributed by atoms with E-state index in [1.807, 2.05) is 48.5 Å². The summed E-state index contributed by atoms with van der Waals surface area (Å²) in [5.41, 5.74) is 4.04. The summed E-state index contributed by atoms with van der Waals surface area (Å²) in [5.74, 6) is 0. The molecule has 0 atom stereocenters. The van der Waals surface area contributed by atoms with Crippen molar-refractivity contribution in [3.63, 3.8) is 0 Å². The highest BCUT2D eigenvalue weighted by atomic mass is 32.1. The van der Waals surface area contributed by atoms with Gasteiger partial charge in [0.05, 0.1) is 21.7 Å². The Labute approximate surface area is 128 Å². The third-order valence-electron chi connectivity index (χ3n) is 2.79. The van der Waals surface area contributed by atoms with Crippen molar-refractivity contribution in [3.05, 3.63) is 66.2 Å². The molecule has 4 heteroatoms. The summed E-state index contributed by atoms with van der Waals surface area (Å²) in [6.07, 6.45) is 0. The lowest BCUT2D eigenvalue weighted by Crippen LogP contribution is -1.87. The molecule has 2 aromatic carbocycles. The predicted octanol–water partition coefficient (Wildman–Crippen LogP) is 5.22. The lowest BCUT2D eigenvalue weighted by atomic mass is 9.97. The first kappa shape index (κ1) is 14.2. The van der Waals surface area contributed by atoms with Crippen LogP contribution in [0.5, 0.6) is 0 Å². The standard InChI is InChI=1S/C16H10N2S2/c1-12(13-6-2-4-8-15(13)17-10-19)14-7-3-5-9-16(14)18-11-20/h2-9H,1H2. The van der Waals surface area contributed by atoms with Crippen LogP contribution in [0.1, 0.15) is 11.1 Å². The van der Waals surface area contributed by atoms with E-state index >= 15 is 0 Å². The van der Waals surface area contributed by atoms with E-state index in [2.05, 4.69) is 51.3 Å². The Morgan fingerprint density at radius 3 is 1.60 bits per heavy atom. The number of para-hydroxylation sites is 2. The third-order valence-corrected chi connectivity index (χ3v) is 2.97. The highest BCUT2D eigenvalue weighted by Crippen LogP contribution is 2.34. The normalized spacial score (nSPS) is 9.20. The van der Waals surface area contributed by atoms with Crippen LogP contribution < -0.4 is 0 Å². The molecule has 0 aromatic heterocycles. The number of nitrogens with zero attached hydrogens (tertiary/aromatic N) is 2. The van der Waals surface area contributed by atoms with Gasteiger partial charge >= 0.3 is 0 Å². The molecule has 0 saturated heterocycles. The molecule has 0 saturated carbocycles. The van der Waals surface area contributed by atoms with Gasteiger partial charge in [0.1, 0.15) is 0 Å². The summed E-state index contributed by atoms with van der Waals surface area (Å²) < 4.78 is 0. The lowest BCUT2D eigenvalue weighted by molar-refractivity contribution is 1.46. The summed E-state index contributed by atoms with van der Waals surface area (Å²) in [4.78, 5) is 8.13. The Morgan fingerprint density at radius 1 is 0.800 bits per heavy atom. The summed E-state index contributed by atoms with van der Waals surface area (Å²) in [5, 5.41) is 4.77. The first-order valence-electron chi connectivity index (χ1n) is 5.81. The van der Waals surface area contributed by atoms with Crippen LogP contribution in [0.4, 0.5) is 11.4 Å². The van der Waals surface area contributed by atoms with Gasteiger partial charge in [-0.15, -0.1) is 0 Å². The zero-order valence-corrected chi connectivity index (χ0v) is 12.2.